The molecule has 0 aliphatic heterocycles. The quantitative estimate of drug-likeness (QED) is 0.701. The fourth-order valence-electron chi connectivity index (χ4n) is 2.39. The van der Waals surface area contributed by atoms with Crippen molar-refractivity contribution in [2.24, 2.45) is 0 Å². The maximum Gasteiger partial charge on any atom is 0.222 e. The average Bonchev–Trinajstić information content (AvgIpc) is 2.53. The highest BCUT2D eigenvalue weighted by Crippen LogP contribution is 2.09. The third-order valence-electron chi connectivity index (χ3n) is 3.64. The first-order valence-electron chi connectivity index (χ1n) is 7.57. The van der Waals surface area contributed by atoms with Crippen LogP contribution in [0.4, 0.5) is 0 Å². The minimum absolute atomic E-state index is 0.229. The Labute approximate surface area is 127 Å². The highest BCUT2D eigenvalue weighted by Gasteiger charge is 2.08. The van der Waals surface area contributed by atoms with Gasteiger partial charge in [-0.05, 0) is 30.4 Å². The van der Waals surface area contributed by atoms with E-state index in [2.05, 4.69) is 36.4 Å². The number of hydrogen-bond acceptors (Lipinski definition) is 1. The zero-order valence-corrected chi connectivity index (χ0v) is 12.7. The molecule has 2 nitrogen and oxygen atoms in total. The van der Waals surface area contributed by atoms with Crippen molar-refractivity contribution < 1.29 is 4.79 Å². The van der Waals surface area contributed by atoms with Gasteiger partial charge in [0.15, 0.2) is 0 Å². The average molecular weight is 281 g/mol. The smallest absolute Gasteiger partial charge is 0.222 e. The topological polar surface area (TPSA) is 20.3 Å². The SMILES string of the molecule is CN(Cc1ccccc1)C(=O)CCCCc1ccccc1. The second-order valence-electron chi connectivity index (χ2n) is 5.43. The molecule has 110 valence electrons. The van der Waals surface area contributed by atoms with E-state index < -0.39 is 0 Å². The van der Waals surface area contributed by atoms with E-state index in [1.807, 2.05) is 36.2 Å². The first kappa shape index (κ1) is 15.3. The van der Waals surface area contributed by atoms with Gasteiger partial charge in [0.25, 0.3) is 0 Å². The molecule has 0 spiro atoms. The summed E-state index contributed by atoms with van der Waals surface area (Å²) in [7, 11) is 1.88. The summed E-state index contributed by atoms with van der Waals surface area (Å²) < 4.78 is 0. The number of hydrogen-bond donors (Lipinski definition) is 0. The van der Waals surface area contributed by atoms with Gasteiger partial charge in [0, 0.05) is 20.0 Å². The van der Waals surface area contributed by atoms with Gasteiger partial charge in [-0.2, -0.15) is 0 Å². The van der Waals surface area contributed by atoms with Gasteiger partial charge in [-0.15, -0.1) is 0 Å². The molecule has 0 aromatic heterocycles. The summed E-state index contributed by atoms with van der Waals surface area (Å²) in [5.74, 6) is 0.229. The van der Waals surface area contributed by atoms with Crippen LogP contribution in [-0.2, 0) is 17.8 Å². The van der Waals surface area contributed by atoms with Crippen LogP contribution < -0.4 is 0 Å². The van der Waals surface area contributed by atoms with E-state index in [0.29, 0.717) is 13.0 Å². The minimum atomic E-state index is 0.229. The normalized spacial score (nSPS) is 10.3. The molecule has 2 aromatic rings. The maximum atomic E-state index is 12.1. The molecule has 0 fully saturated rings. The first-order valence-corrected chi connectivity index (χ1v) is 7.57. The summed E-state index contributed by atoms with van der Waals surface area (Å²) in [6.45, 7) is 0.693. The molecule has 0 N–H and O–H groups in total. The van der Waals surface area contributed by atoms with Gasteiger partial charge in [0.1, 0.15) is 0 Å². The van der Waals surface area contributed by atoms with Gasteiger partial charge in [0.05, 0.1) is 0 Å². The second-order valence-corrected chi connectivity index (χ2v) is 5.43. The number of nitrogens with zero attached hydrogens (tertiary/aromatic N) is 1. The fourth-order valence-corrected chi connectivity index (χ4v) is 2.39. The predicted molar refractivity (Wildman–Crippen MR) is 86.9 cm³/mol. The van der Waals surface area contributed by atoms with Gasteiger partial charge < -0.3 is 4.90 Å². The monoisotopic (exact) mass is 281 g/mol. The van der Waals surface area contributed by atoms with E-state index in [0.717, 1.165) is 19.3 Å². The van der Waals surface area contributed by atoms with Crippen molar-refractivity contribution in [3.8, 4) is 0 Å². The van der Waals surface area contributed by atoms with E-state index in [4.69, 9.17) is 0 Å². The van der Waals surface area contributed by atoms with Gasteiger partial charge in [-0.25, -0.2) is 0 Å². The first-order chi connectivity index (χ1) is 10.3. The summed E-state index contributed by atoms with van der Waals surface area (Å²) >= 11 is 0. The molecule has 0 bridgehead atoms. The Kier molecular flexibility index (Phi) is 6.01. The summed E-state index contributed by atoms with van der Waals surface area (Å²) in [6.07, 6.45) is 3.70. The van der Waals surface area contributed by atoms with Crippen LogP contribution in [0.5, 0.6) is 0 Å². The number of unbranched alkanes of at least 4 members (excludes halogenated alkanes) is 1. The van der Waals surface area contributed by atoms with E-state index in [-0.39, 0.29) is 5.91 Å². The Balaban J connectivity index is 1.67. The lowest BCUT2D eigenvalue weighted by atomic mass is 10.1. The maximum absolute atomic E-state index is 12.1. The Bertz CT molecular complexity index is 536. The molecule has 0 heterocycles. The molecule has 0 aliphatic rings. The predicted octanol–water partition coefficient (Wildman–Crippen LogP) is 4.06. The third-order valence-corrected chi connectivity index (χ3v) is 3.64. The fraction of sp³-hybridized carbons (Fsp3) is 0.316. The molecule has 1 amide bonds. The molecular weight excluding hydrogens is 258 g/mol. The van der Waals surface area contributed by atoms with Crippen molar-refractivity contribution in [1.29, 1.82) is 0 Å². The third kappa shape index (κ3) is 5.42. The molecule has 0 saturated carbocycles. The molecule has 0 saturated heterocycles. The lowest BCUT2D eigenvalue weighted by Gasteiger charge is -2.17. The molecule has 2 rings (SSSR count). The molecular formula is C19H23NO. The number of carbonyl (C=O) groups is 1. The minimum Gasteiger partial charge on any atom is -0.341 e. The molecule has 0 atom stereocenters. The zero-order chi connectivity index (χ0) is 14.9. The zero-order valence-electron chi connectivity index (χ0n) is 12.7. The summed E-state index contributed by atoms with van der Waals surface area (Å²) in [4.78, 5) is 13.9. The number of rotatable bonds is 7. The largest absolute Gasteiger partial charge is 0.341 e. The summed E-state index contributed by atoms with van der Waals surface area (Å²) in [6, 6.07) is 20.6. The Morgan fingerprint density at radius 3 is 2.05 bits per heavy atom. The van der Waals surface area contributed by atoms with Gasteiger partial charge >= 0.3 is 0 Å². The number of amides is 1. The molecule has 0 aliphatic carbocycles. The number of aryl methyl sites for hydroxylation is 1. The van der Waals surface area contributed by atoms with E-state index in [9.17, 15) is 4.79 Å². The van der Waals surface area contributed by atoms with Crippen LogP contribution in [-0.4, -0.2) is 17.9 Å². The second kappa shape index (κ2) is 8.25. The van der Waals surface area contributed by atoms with Crippen LogP contribution in [0.25, 0.3) is 0 Å². The summed E-state index contributed by atoms with van der Waals surface area (Å²) in [5, 5.41) is 0. The highest BCUT2D eigenvalue weighted by molar-refractivity contribution is 5.75. The Morgan fingerprint density at radius 2 is 1.43 bits per heavy atom. The molecule has 2 heteroatoms. The molecule has 0 radical (unpaired) electrons. The van der Waals surface area contributed by atoms with Crippen LogP contribution >= 0.6 is 0 Å². The van der Waals surface area contributed by atoms with Crippen molar-refractivity contribution in [2.75, 3.05) is 7.05 Å². The Morgan fingerprint density at radius 1 is 0.857 bits per heavy atom. The molecule has 0 unspecified atom stereocenters. The molecule has 2 aromatic carbocycles. The van der Waals surface area contributed by atoms with Crippen molar-refractivity contribution in [1.82, 2.24) is 4.90 Å². The van der Waals surface area contributed by atoms with Crippen molar-refractivity contribution >= 4 is 5.91 Å². The van der Waals surface area contributed by atoms with Gasteiger partial charge in [-0.1, -0.05) is 60.7 Å². The van der Waals surface area contributed by atoms with Crippen molar-refractivity contribution in [3.05, 3.63) is 71.8 Å². The number of benzene rings is 2. The lowest BCUT2D eigenvalue weighted by Crippen LogP contribution is -2.25. The standard InChI is InChI=1S/C19H23NO/c1-20(16-18-13-6-3-7-14-18)19(21)15-9-8-12-17-10-4-2-5-11-17/h2-7,10-11,13-14H,8-9,12,15-16H2,1H3. The van der Waals surface area contributed by atoms with Crippen LogP contribution in [0.3, 0.4) is 0 Å². The van der Waals surface area contributed by atoms with E-state index in [1.54, 1.807) is 0 Å². The lowest BCUT2D eigenvalue weighted by molar-refractivity contribution is -0.130. The highest BCUT2D eigenvalue weighted by atomic mass is 16.2. The van der Waals surface area contributed by atoms with Crippen LogP contribution in [0.1, 0.15) is 30.4 Å². The number of carbonyl (C=O) groups excluding carboxylic acids is 1. The van der Waals surface area contributed by atoms with Crippen LogP contribution in [0.2, 0.25) is 0 Å². The van der Waals surface area contributed by atoms with E-state index >= 15 is 0 Å². The Hall–Kier alpha value is -2.09. The van der Waals surface area contributed by atoms with Gasteiger partial charge in [0.2, 0.25) is 5.91 Å². The van der Waals surface area contributed by atoms with E-state index in [1.165, 1.54) is 11.1 Å². The molecule has 21 heavy (non-hydrogen) atoms. The van der Waals surface area contributed by atoms with Crippen LogP contribution in [0, 0.1) is 0 Å². The van der Waals surface area contributed by atoms with Crippen LogP contribution in [0.15, 0.2) is 60.7 Å². The van der Waals surface area contributed by atoms with Crippen molar-refractivity contribution in [2.45, 2.75) is 32.2 Å². The van der Waals surface area contributed by atoms with Crippen molar-refractivity contribution in [3.63, 3.8) is 0 Å². The summed E-state index contributed by atoms with van der Waals surface area (Å²) in [5.41, 5.74) is 2.53. The van der Waals surface area contributed by atoms with Gasteiger partial charge in [-0.3, -0.25) is 4.79 Å².